The van der Waals surface area contributed by atoms with Gasteiger partial charge in [-0.3, -0.25) is 0 Å². The van der Waals surface area contributed by atoms with E-state index in [1.54, 1.807) is 31.2 Å². The number of halogens is 3. The molecule has 0 fully saturated rings. The van der Waals surface area contributed by atoms with Crippen molar-refractivity contribution in [3.05, 3.63) is 65.5 Å². The zero-order valence-corrected chi connectivity index (χ0v) is 14.7. The number of carbonyl (C=O) groups excluding carboxylic acids is 1. The third-order valence-corrected chi connectivity index (χ3v) is 3.43. The van der Waals surface area contributed by atoms with Gasteiger partial charge >= 0.3 is 12.1 Å². The van der Waals surface area contributed by atoms with Gasteiger partial charge in [-0.25, -0.2) is 9.78 Å². The summed E-state index contributed by atoms with van der Waals surface area (Å²) in [5, 5.41) is 0. The van der Waals surface area contributed by atoms with Crippen LogP contribution < -0.4 is 4.74 Å². The molecule has 27 heavy (non-hydrogen) atoms. The van der Waals surface area contributed by atoms with Crippen LogP contribution in [0.25, 0.3) is 5.57 Å². The summed E-state index contributed by atoms with van der Waals surface area (Å²) < 4.78 is 53.6. The van der Waals surface area contributed by atoms with Gasteiger partial charge < -0.3 is 14.2 Å². The average Bonchev–Trinajstić information content (AvgIpc) is 2.64. The number of alkyl halides is 3. The molecule has 0 N–H and O–H groups in total. The summed E-state index contributed by atoms with van der Waals surface area (Å²) in [6.45, 7) is 1.77. The van der Waals surface area contributed by atoms with Crippen molar-refractivity contribution >= 4 is 11.5 Å². The second-order valence-electron chi connectivity index (χ2n) is 5.29. The van der Waals surface area contributed by atoms with Gasteiger partial charge in [-0.1, -0.05) is 30.3 Å². The predicted octanol–water partition coefficient (Wildman–Crippen LogP) is 4.23. The minimum Gasteiger partial charge on any atom is -0.503 e. The lowest BCUT2D eigenvalue weighted by Gasteiger charge is -2.13. The van der Waals surface area contributed by atoms with E-state index in [1.807, 2.05) is 0 Å². The molecule has 0 radical (unpaired) electrons. The second kappa shape index (κ2) is 9.07. The molecule has 0 saturated carbocycles. The Bertz CT molecular complexity index is 819. The molecule has 0 spiro atoms. The average molecular weight is 381 g/mol. The van der Waals surface area contributed by atoms with Crippen molar-refractivity contribution in [3.8, 4) is 5.88 Å². The third-order valence-electron chi connectivity index (χ3n) is 3.43. The zero-order chi connectivity index (χ0) is 19.9. The van der Waals surface area contributed by atoms with Crippen molar-refractivity contribution in [2.45, 2.75) is 19.7 Å². The molecule has 0 saturated heterocycles. The van der Waals surface area contributed by atoms with Crippen LogP contribution in [-0.4, -0.2) is 24.7 Å². The number of hydrogen-bond acceptors (Lipinski definition) is 5. The summed E-state index contributed by atoms with van der Waals surface area (Å²) in [6.07, 6.45) is -3.31. The molecule has 0 amide bonds. The van der Waals surface area contributed by atoms with Crippen molar-refractivity contribution in [2.24, 2.45) is 0 Å². The van der Waals surface area contributed by atoms with E-state index in [9.17, 15) is 18.0 Å². The minimum atomic E-state index is -4.56. The molecule has 1 heterocycles. The van der Waals surface area contributed by atoms with E-state index < -0.39 is 17.8 Å². The van der Waals surface area contributed by atoms with Gasteiger partial charge in [-0.2, -0.15) is 13.2 Å². The van der Waals surface area contributed by atoms with Crippen LogP contribution >= 0.6 is 0 Å². The Labute approximate surface area is 154 Å². The summed E-state index contributed by atoms with van der Waals surface area (Å²) in [5.74, 6) is -0.753. The number of esters is 1. The summed E-state index contributed by atoms with van der Waals surface area (Å²) in [5.41, 5.74) is 0.188. The number of benzene rings is 1. The number of pyridine rings is 1. The van der Waals surface area contributed by atoms with E-state index in [4.69, 9.17) is 14.2 Å². The van der Waals surface area contributed by atoms with Crippen molar-refractivity contribution in [1.29, 1.82) is 0 Å². The van der Waals surface area contributed by atoms with E-state index in [0.29, 0.717) is 11.1 Å². The summed E-state index contributed by atoms with van der Waals surface area (Å²) in [4.78, 5) is 15.6. The highest BCUT2D eigenvalue weighted by atomic mass is 19.4. The van der Waals surface area contributed by atoms with Crippen LogP contribution in [0.3, 0.4) is 0 Å². The summed E-state index contributed by atoms with van der Waals surface area (Å²) >= 11 is 0. The lowest BCUT2D eigenvalue weighted by atomic mass is 10.0. The van der Waals surface area contributed by atoms with Crippen molar-refractivity contribution in [3.63, 3.8) is 0 Å². The molecule has 144 valence electrons. The van der Waals surface area contributed by atoms with Crippen LogP contribution in [0.2, 0.25) is 0 Å². The van der Waals surface area contributed by atoms with Gasteiger partial charge in [0.15, 0.2) is 0 Å². The molecule has 1 aromatic heterocycles. The maximum absolute atomic E-state index is 12.8. The Kier molecular flexibility index (Phi) is 6.81. The first-order chi connectivity index (χ1) is 12.9. The predicted molar refractivity (Wildman–Crippen MR) is 91.6 cm³/mol. The number of aromatic nitrogens is 1. The summed E-state index contributed by atoms with van der Waals surface area (Å²) in [6, 6.07) is 10.2. The number of rotatable bonds is 7. The Morgan fingerprint density at radius 3 is 2.56 bits per heavy atom. The number of carbonyl (C=O) groups is 1. The number of hydrogen-bond donors (Lipinski definition) is 0. The number of nitrogens with zero attached hydrogens (tertiary/aromatic N) is 1. The molecule has 0 aliphatic rings. The molecule has 8 heteroatoms. The van der Waals surface area contributed by atoms with E-state index in [0.717, 1.165) is 6.07 Å². The SMILES string of the molecule is CCOC(=O)/C(=C/OC)c1ccccc1COc1cccc(C(F)(F)F)n1. The second-order valence-corrected chi connectivity index (χ2v) is 5.29. The first-order valence-corrected chi connectivity index (χ1v) is 8.02. The third kappa shape index (κ3) is 5.47. The fourth-order valence-corrected chi connectivity index (χ4v) is 2.26. The molecule has 2 rings (SSSR count). The molecule has 0 bridgehead atoms. The van der Waals surface area contributed by atoms with Crippen molar-refractivity contribution in [2.75, 3.05) is 13.7 Å². The number of methoxy groups -OCH3 is 1. The maximum atomic E-state index is 12.8. The van der Waals surface area contributed by atoms with E-state index in [1.165, 1.54) is 25.5 Å². The van der Waals surface area contributed by atoms with E-state index in [2.05, 4.69) is 4.98 Å². The normalized spacial score (nSPS) is 11.8. The summed E-state index contributed by atoms with van der Waals surface area (Å²) in [7, 11) is 1.39. The smallest absolute Gasteiger partial charge is 0.433 e. The lowest BCUT2D eigenvalue weighted by molar-refractivity contribution is -0.141. The first-order valence-electron chi connectivity index (χ1n) is 8.02. The van der Waals surface area contributed by atoms with Crippen LogP contribution in [0.5, 0.6) is 5.88 Å². The van der Waals surface area contributed by atoms with Crippen LogP contribution in [0, 0.1) is 0 Å². The Hall–Kier alpha value is -3.03. The van der Waals surface area contributed by atoms with Crippen LogP contribution in [0.1, 0.15) is 23.7 Å². The van der Waals surface area contributed by atoms with Gasteiger partial charge in [0.05, 0.1) is 20.0 Å². The highest BCUT2D eigenvalue weighted by Gasteiger charge is 2.32. The zero-order valence-electron chi connectivity index (χ0n) is 14.7. The van der Waals surface area contributed by atoms with E-state index >= 15 is 0 Å². The molecule has 5 nitrogen and oxygen atoms in total. The fourth-order valence-electron chi connectivity index (χ4n) is 2.26. The Balaban J connectivity index is 2.26. The Morgan fingerprint density at radius 2 is 1.89 bits per heavy atom. The van der Waals surface area contributed by atoms with Gasteiger partial charge in [-0.05, 0) is 24.1 Å². The fraction of sp³-hybridized carbons (Fsp3) is 0.263. The molecule has 2 aromatic rings. The first kappa shape index (κ1) is 20.3. The minimum absolute atomic E-state index is 0.0923. The highest BCUT2D eigenvalue weighted by Crippen LogP contribution is 2.29. The largest absolute Gasteiger partial charge is 0.503 e. The topological polar surface area (TPSA) is 57.7 Å². The molecule has 0 aliphatic heterocycles. The molecule has 1 aromatic carbocycles. The maximum Gasteiger partial charge on any atom is 0.433 e. The van der Waals surface area contributed by atoms with Gasteiger partial charge in [0.25, 0.3) is 0 Å². The molecular formula is C19H18F3NO4. The van der Waals surface area contributed by atoms with Gasteiger partial charge in [0.1, 0.15) is 17.9 Å². The van der Waals surface area contributed by atoms with Gasteiger partial charge in [-0.15, -0.1) is 0 Å². The molecule has 0 unspecified atom stereocenters. The van der Waals surface area contributed by atoms with E-state index in [-0.39, 0.29) is 24.7 Å². The van der Waals surface area contributed by atoms with Gasteiger partial charge in [0, 0.05) is 6.07 Å². The monoisotopic (exact) mass is 381 g/mol. The Morgan fingerprint density at radius 1 is 1.15 bits per heavy atom. The van der Waals surface area contributed by atoms with Crippen LogP contribution in [-0.2, 0) is 27.1 Å². The van der Waals surface area contributed by atoms with Crippen molar-refractivity contribution < 1.29 is 32.2 Å². The standard InChI is InChI=1S/C19H18F3NO4/c1-3-26-18(24)15(12-25-2)14-8-5-4-7-13(14)11-27-17-10-6-9-16(23-17)19(20,21)22/h4-10,12H,3,11H2,1-2H3/b15-12+. The molecular weight excluding hydrogens is 363 g/mol. The van der Waals surface area contributed by atoms with Crippen LogP contribution in [0.15, 0.2) is 48.7 Å². The van der Waals surface area contributed by atoms with Crippen LogP contribution in [0.4, 0.5) is 13.2 Å². The molecule has 0 aliphatic carbocycles. The quantitative estimate of drug-likeness (QED) is 0.408. The lowest BCUT2D eigenvalue weighted by Crippen LogP contribution is -2.11. The van der Waals surface area contributed by atoms with Crippen molar-refractivity contribution in [1.82, 2.24) is 4.98 Å². The highest BCUT2D eigenvalue weighted by molar-refractivity contribution is 6.16. The number of ether oxygens (including phenoxy) is 3. The molecule has 0 atom stereocenters. The van der Waals surface area contributed by atoms with Gasteiger partial charge in [0.2, 0.25) is 5.88 Å².